The molecule has 0 saturated heterocycles. The van der Waals surface area contributed by atoms with Crippen molar-refractivity contribution in [1.29, 1.82) is 0 Å². The van der Waals surface area contributed by atoms with E-state index in [-0.39, 0.29) is 0 Å². The molecular formula is C18H29. The fraction of sp³-hybridized carbons (Fsp3) is 0.611. The van der Waals surface area contributed by atoms with Crippen molar-refractivity contribution in [2.75, 3.05) is 0 Å². The molecule has 0 saturated carbocycles. The van der Waals surface area contributed by atoms with Gasteiger partial charge in [0.2, 0.25) is 0 Å². The van der Waals surface area contributed by atoms with Crippen molar-refractivity contribution in [2.45, 2.75) is 60.3 Å². The van der Waals surface area contributed by atoms with Crippen LogP contribution >= 0.6 is 0 Å². The Morgan fingerprint density at radius 2 is 1.33 bits per heavy atom. The highest BCUT2D eigenvalue weighted by Crippen LogP contribution is 2.22. The molecule has 0 amide bonds. The predicted molar refractivity (Wildman–Crippen MR) is 81.8 cm³/mol. The minimum Gasteiger partial charge on any atom is -0.0628 e. The van der Waals surface area contributed by atoms with Gasteiger partial charge in [0.25, 0.3) is 0 Å². The summed E-state index contributed by atoms with van der Waals surface area (Å²) in [6.45, 7) is 11.4. The Morgan fingerprint density at radius 3 is 1.67 bits per heavy atom. The second-order valence-corrected chi connectivity index (χ2v) is 6.14. The molecule has 0 N–H and O–H groups in total. The van der Waals surface area contributed by atoms with Gasteiger partial charge < -0.3 is 0 Å². The number of hydrogen-bond acceptors (Lipinski definition) is 0. The van der Waals surface area contributed by atoms with Crippen LogP contribution < -0.4 is 0 Å². The van der Waals surface area contributed by atoms with E-state index in [1.54, 1.807) is 0 Å². The van der Waals surface area contributed by atoms with Crippen LogP contribution in [-0.4, -0.2) is 0 Å². The lowest BCUT2D eigenvalue weighted by atomic mass is 9.90. The Hall–Kier alpha value is -0.780. The first-order chi connectivity index (χ1) is 8.54. The summed E-state index contributed by atoms with van der Waals surface area (Å²) >= 11 is 0. The van der Waals surface area contributed by atoms with Crippen molar-refractivity contribution in [2.24, 2.45) is 11.8 Å². The number of hydrogen-bond donors (Lipinski definition) is 0. The third kappa shape index (κ3) is 4.84. The quantitative estimate of drug-likeness (QED) is 0.600. The van der Waals surface area contributed by atoms with Crippen molar-refractivity contribution in [1.82, 2.24) is 0 Å². The summed E-state index contributed by atoms with van der Waals surface area (Å²) in [5.41, 5.74) is 4.57. The largest absolute Gasteiger partial charge is 0.0628 e. The first-order valence-corrected chi connectivity index (χ1v) is 7.44. The van der Waals surface area contributed by atoms with Crippen LogP contribution in [0.5, 0.6) is 0 Å². The topological polar surface area (TPSA) is 0 Å². The molecule has 0 spiro atoms. The lowest BCUT2D eigenvalue weighted by Crippen LogP contribution is -2.02. The second-order valence-electron chi connectivity index (χ2n) is 6.14. The Balaban J connectivity index is 2.81. The molecule has 0 nitrogen and oxygen atoms in total. The first-order valence-electron chi connectivity index (χ1n) is 7.44. The van der Waals surface area contributed by atoms with Crippen LogP contribution in [0.25, 0.3) is 0 Å². The van der Waals surface area contributed by atoms with Gasteiger partial charge in [-0.1, -0.05) is 52.8 Å². The minimum atomic E-state index is 0.786. The summed E-state index contributed by atoms with van der Waals surface area (Å²) in [7, 11) is 0. The van der Waals surface area contributed by atoms with E-state index < -0.39 is 0 Å². The maximum Gasteiger partial charge on any atom is -0.0118 e. The van der Waals surface area contributed by atoms with Gasteiger partial charge in [0.15, 0.2) is 0 Å². The molecule has 0 bridgehead atoms. The van der Waals surface area contributed by atoms with Gasteiger partial charge in [-0.15, -0.1) is 0 Å². The van der Waals surface area contributed by atoms with E-state index in [2.05, 4.69) is 59.2 Å². The van der Waals surface area contributed by atoms with Crippen molar-refractivity contribution in [3.63, 3.8) is 0 Å². The summed E-state index contributed by atoms with van der Waals surface area (Å²) in [5.74, 6) is 1.57. The van der Waals surface area contributed by atoms with E-state index in [0.29, 0.717) is 0 Å². The SMILES string of the molecule is C[CH]c1c(CCC(C)C)cccc1CCC(C)C. The molecule has 1 radical (unpaired) electrons. The van der Waals surface area contributed by atoms with E-state index in [1.165, 1.54) is 42.4 Å². The summed E-state index contributed by atoms with van der Waals surface area (Å²) in [6, 6.07) is 6.84. The molecule has 0 aliphatic rings. The summed E-state index contributed by atoms with van der Waals surface area (Å²) in [4.78, 5) is 0. The molecule has 0 aliphatic carbocycles. The minimum absolute atomic E-state index is 0.786. The molecule has 1 aromatic carbocycles. The van der Waals surface area contributed by atoms with Gasteiger partial charge in [0.05, 0.1) is 0 Å². The van der Waals surface area contributed by atoms with Gasteiger partial charge in [0.1, 0.15) is 0 Å². The van der Waals surface area contributed by atoms with Gasteiger partial charge in [-0.3, -0.25) is 0 Å². The molecule has 0 aromatic heterocycles. The fourth-order valence-corrected chi connectivity index (χ4v) is 2.36. The van der Waals surface area contributed by atoms with Crippen LogP contribution in [0.15, 0.2) is 18.2 Å². The number of aryl methyl sites for hydroxylation is 2. The van der Waals surface area contributed by atoms with Crippen molar-refractivity contribution in [3.8, 4) is 0 Å². The van der Waals surface area contributed by atoms with Gasteiger partial charge in [0, 0.05) is 0 Å². The van der Waals surface area contributed by atoms with Gasteiger partial charge in [-0.05, 0) is 60.6 Å². The molecule has 101 valence electrons. The van der Waals surface area contributed by atoms with Gasteiger partial charge in [-0.2, -0.15) is 0 Å². The highest BCUT2D eigenvalue weighted by Gasteiger charge is 2.08. The lowest BCUT2D eigenvalue weighted by Gasteiger charge is -2.15. The highest BCUT2D eigenvalue weighted by molar-refractivity contribution is 5.40. The van der Waals surface area contributed by atoms with Crippen LogP contribution in [-0.2, 0) is 12.8 Å². The lowest BCUT2D eigenvalue weighted by molar-refractivity contribution is 0.580. The average molecular weight is 245 g/mol. The van der Waals surface area contributed by atoms with E-state index in [9.17, 15) is 0 Å². The van der Waals surface area contributed by atoms with Crippen molar-refractivity contribution >= 4 is 0 Å². The molecule has 0 heteroatoms. The smallest absolute Gasteiger partial charge is 0.0118 e. The van der Waals surface area contributed by atoms with Crippen molar-refractivity contribution in [3.05, 3.63) is 41.3 Å². The van der Waals surface area contributed by atoms with Crippen LogP contribution in [0.4, 0.5) is 0 Å². The zero-order valence-electron chi connectivity index (χ0n) is 12.8. The van der Waals surface area contributed by atoms with Crippen LogP contribution in [0.3, 0.4) is 0 Å². The van der Waals surface area contributed by atoms with Gasteiger partial charge >= 0.3 is 0 Å². The number of benzene rings is 1. The highest BCUT2D eigenvalue weighted by atomic mass is 14.1. The average Bonchev–Trinajstić information content (AvgIpc) is 2.33. The third-order valence-corrected chi connectivity index (χ3v) is 3.56. The van der Waals surface area contributed by atoms with Gasteiger partial charge in [-0.25, -0.2) is 0 Å². The number of rotatable bonds is 7. The van der Waals surface area contributed by atoms with Crippen LogP contribution in [0.2, 0.25) is 0 Å². The Kier molecular flexibility index (Phi) is 6.46. The monoisotopic (exact) mass is 245 g/mol. The van der Waals surface area contributed by atoms with Crippen LogP contribution in [0, 0.1) is 18.3 Å². The molecule has 0 fully saturated rings. The molecule has 0 atom stereocenters. The summed E-state index contributed by atoms with van der Waals surface area (Å²) in [6.07, 6.45) is 7.30. The zero-order valence-corrected chi connectivity index (χ0v) is 12.8. The maximum atomic E-state index is 2.30. The predicted octanol–water partition coefficient (Wildman–Crippen LogP) is 5.44. The fourth-order valence-electron chi connectivity index (χ4n) is 2.36. The molecule has 0 unspecified atom stereocenters. The Morgan fingerprint density at radius 1 is 0.889 bits per heavy atom. The summed E-state index contributed by atoms with van der Waals surface area (Å²) < 4.78 is 0. The molecule has 0 heterocycles. The normalized spacial score (nSPS) is 11.5. The van der Waals surface area contributed by atoms with E-state index in [1.807, 2.05) is 0 Å². The van der Waals surface area contributed by atoms with E-state index in [4.69, 9.17) is 0 Å². The molecular weight excluding hydrogens is 216 g/mol. The van der Waals surface area contributed by atoms with Crippen LogP contribution in [0.1, 0.15) is 64.2 Å². The molecule has 18 heavy (non-hydrogen) atoms. The molecule has 0 aliphatic heterocycles. The third-order valence-electron chi connectivity index (χ3n) is 3.56. The Bertz CT molecular complexity index is 317. The van der Waals surface area contributed by atoms with E-state index >= 15 is 0 Å². The van der Waals surface area contributed by atoms with Crippen molar-refractivity contribution < 1.29 is 0 Å². The standard InChI is InChI=1S/C18H29/c1-6-18-16(12-10-14(2)3)8-7-9-17(18)13-11-15(4)5/h6-9,14-15H,10-13H2,1-5H3. The Labute approximate surface area is 114 Å². The zero-order chi connectivity index (χ0) is 13.5. The second kappa shape index (κ2) is 7.61. The molecule has 1 aromatic rings. The summed E-state index contributed by atoms with van der Waals surface area (Å²) in [5, 5.41) is 0. The van der Waals surface area contributed by atoms with E-state index in [0.717, 1.165) is 11.8 Å². The maximum absolute atomic E-state index is 2.30. The molecule has 1 rings (SSSR count). The first kappa shape index (κ1) is 15.3.